The summed E-state index contributed by atoms with van der Waals surface area (Å²) < 4.78 is 20.0. The van der Waals surface area contributed by atoms with Crippen LogP contribution in [0.5, 0.6) is 0 Å². The summed E-state index contributed by atoms with van der Waals surface area (Å²) >= 11 is 0. The largest absolute Gasteiger partial charge is 0.385 e. The molecule has 0 unspecified atom stereocenters. The standard InChI is InChI=1S/C20H23FN4O/c1-26-12-4-11-24(16-19-5-2-3-10-22-19)14-17-13-23-25(15-17)20-8-6-18(21)7-9-20/h2-3,5-10,13,15H,4,11-12,14,16H2,1H3. The smallest absolute Gasteiger partial charge is 0.123 e. The molecule has 0 bridgehead atoms. The van der Waals surface area contributed by atoms with Crippen molar-refractivity contribution in [2.45, 2.75) is 19.5 Å². The first kappa shape index (κ1) is 18.2. The average molecular weight is 354 g/mol. The number of hydrogen-bond donors (Lipinski definition) is 0. The Morgan fingerprint density at radius 2 is 1.96 bits per heavy atom. The Hall–Kier alpha value is -2.57. The van der Waals surface area contributed by atoms with Crippen LogP contribution in [0, 0.1) is 5.82 Å². The lowest BCUT2D eigenvalue weighted by Gasteiger charge is -2.21. The monoisotopic (exact) mass is 354 g/mol. The summed E-state index contributed by atoms with van der Waals surface area (Å²) in [6.07, 6.45) is 6.60. The van der Waals surface area contributed by atoms with Crippen molar-refractivity contribution in [3.05, 3.63) is 78.1 Å². The van der Waals surface area contributed by atoms with Gasteiger partial charge in [-0.25, -0.2) is 9.07 Å². The number of halogens is 1. The highest BCUT2D eigenvalue weighted by Gasteiger charge is 2.10. The molecule has 0 radical (unpaired) electrons. The second-order valence-electron chi connectivity index (χ2n) is 6.15. The Balaban J connectivity index is 1.68. The summed E-state index contributed by atoms with van der Waals surface area (Å²) in [5.74, 6) is -0.249. The third kappa shape index (κ3) is 5.21. The van der Waals surface area contributed by atoms with Crippen LogP contribution in [0.25, 0.3) is 5.69 Å². The van der Waals surface area contributed by atoms with Gasteiger partial charge in [-0.1, -0.05) is 6.07 Å². The van der Waals surface area contributed by atoms with Gasteiger partial charge in [0.2, 0.25) is 0 Å². The first-order chi connectivity index (χ1) is 12.7. The second kappa shape index (κ2) is 9.22. The van der Waals surface area contributed by atoms with E-state index in [1.807, 2.05) is 36.8 Å². The summed E-state index contributed by atoms with van der Waals surface area (Å²) in [7, 11) is 1.72. The molecule has 0 aliphatic heterocycles. The fourth-order valence-electron chi connectivity index (χ4n) is 2.80. The van der Waals surface area contributed by atoms with E-state index in [9.17, 15) is 4.39 Å². The lowest BCUT2D eigenvalue weighted by atomic mass is 10.2. The predicted octanol–water partition coefficient (Wildman–Crippen LogP) is 3.45. The van der Waals surface area contributed by atoms with Crippen LogP contribution in [-0.4, -0.2) is 39.9 Å². The van der Waals surface area contributed by atoms with E-state index in [4.69, 9.17) is 4.74 Å². The second-order valence-corrected chi connectivity index (χ2v) is 6.15. The topological polar surface area (TPSA) is 43.2 Å². The molecule has 3 rings (SSSR count). The van der Waals surface area contributed by atoms with Crippen molar-refractivity contribution in [3.63, 3.8) is 0 Å². The Morgan fingerprint density at radius 3 is 2.69 bits per heavy atom. The number of methoxy groups -OCH3 is 1. The number of rotatable bonds is 9. The van der Waals surface area contributed by atoms with Crippen LogP contribution in [0.4, 0.5) is 4.39 Å². The first-order valence-corrected chi connectivity index (χ1v) is 8.65. The van der Waals surface area contributed by atoms with Gasteiger partial charge in [0.15, 0.2) is 0 Å². The number of benzene rings is 1. The molecule has 1 aromatic carbocycles. The molecule has 3 aromatic rings. The van der Waals surface area contributed by atoms with Crippen molar-refractivity contribution in [2.75, 3.05) is 20.3 Å². The van der Waals surface area contributed by atoms with Crippen molar-refractivity contribution in [2.24, 2.45) is 0 Å². The zero-order valence-electron chi connectivity index (χ0n) is 14.9. The molecule has 136 valence electrons. The van der Waals surface area contributed by atoms with Gasteiger partial charge in [-0.2, -0.15) is 5.10 Å². The van der Waals surface area contributed by atoms with Crippen molar-refractivity contribution in [1.29, 1.82) is 0 Å². The quantitative estimate of drug-likeness (QED) is 0.552. The lowest BCUT2D eigenvalue weighted by Crippen LogP contribution is -2.25. The highest BCUT2D eigenvalue weighted by atomic mass is 19.1. The molecule has 0 aliphatic rings. The highest BCUT2D eigenvalue weighted by molar-refractivity contribution is 5.31. The van der Waals surface area contributed by atoms with Crippen LogP contribution in [-0.2, 0) is 17.8 Å². The first-order valence-electron chi connectivity index (χ1n) is 8.65. The highest BCUT2D eigenvalue weighted by Crippen LogP contribution is 2.13. The van der Waals surface area contributed by atoms with Crippen molar-refractivity contribution in [3.8, 4) is 5.69 Å². The van der Waals surface area contributed by atoms with Crippen LogP contribution in [0.2, 0.25) is 0 Å². The molecule has 0 fully saturated rings. The van der Waals surface area contributed by atoms with Gasteiger partial charge in [-0.3, -0.25) is 9.88 Å². The van der Waals surface area contributed by atoms with Gasteiger partial charge in [0, 0.05) is 51.3 Å². The molecule has 2 heterocycles. The minimum Gasteiger partial charge on any atom is -0.385 e. The molecule has 2 aromatic heterocycles. The van der Waals surface area contributed by atoms with Gasteiger partial charge in [0.05, 0.1) is 17.6 Å². The number of pyridine rings is 1. The Bertz CT molecular complexity index is 789. The van der Waals surface area contributed by atoms with Crippen LogP contribution >= 0.6 is 0 Å². The lowest BCUT2D eigenvalue weighted by molar-refractivity contribution is 0.166. The summed E-state index contributed by atoms with van der Waals surface area (Å²) in [5, 5.41) is 4.40. The molecular formula is C20H23FN4O. The molecule has 0 aliphatic carbocycles. The number of hydrogen-bond acceptors (Lipinski definition) is 4. The molecule has 6 heteroatoms. The summed E-state index contributed by atoms with van der Waals surface area (Å²) in [5.41, 5.74) is 2.98. The fourth-order valence-corrected chi connectivity index (χ4v) is 2.80. The van der Waals surface area contributed by atoms with Gasteiger partial charge < -0.3 is 4.74 Å². The van der Waals surface area contributed by atoms with E-state index >= 15 is 0 Å². The van der Waals surface area contributed by atoms with Crippen LogP contribution in [0.3, 0.4) is 0 Å². The van der Waals surface area contributed by atoms with E-state index in [-0.39, 0.29) is 5.82 Å². The molecule has 0 amide bonds. The number of aromatic nitrogens is 3. The van der Waals surface area contributed by atoms with Crippen molar-refractivity contribution < 1.29 is 9.13 Å². The maximum atomic E-state index is 13.1. The van der Waals surface area contributed by atoms with Gasteiger partial charge in [-0.15, -0.1) is 0 Å². The summed E-state index contributed by atoms with van der Waals surface area (Å²) in [6.45, 7) is 3.17. The van der Waals surface area contributed by atoms with Gasteiger partial charge in [-0.05, 0) is 42.8 Å². The predicted molar refractivity (Wildman–Crippen MR) is 98.4 cm³/mol. The zero-order valence-corrected chi connectivity index (χ0v) is 14.9. The minimum atomic E-state index is -0.249. The van der Waals surface area contributed by atoms with Crippen LogP contribution in [0.1, 0.15) is 17.7 Å². The molecule has 0 atom stereocenters. The van der Waals surface area contributed by atoms with E-state index in [1.165, 1.54) is 12.1 Å². The van der Waals surface area contributed by atoms with E-state index < -0.39 is 0 Å². The molecule has 26 heavy (non-hydrogen) atoms. The normalized spacial score (nSPS) is 11.2. The zero-order chi connectivity index (χ0) is 18.2. The fraction of sp³-hybridized carbons (Fsp3) is 0.300. The molecule has 0 N–H and O–H groups in total. The number of nitrogens with zero attached hydrogens (tertiary/aromatic N) is 4. The van der Waals surface area contributed by atoms with Crippen LogP contribution < -0.4 is 0 Å². The Kier molecular flexibility index (Phi) is 6.46. The summed E-state index contributed by atoms with van der Waals surface area (Å²) in [6, 6.07) is 12.3. The van der Waals surface area contributed by atoms with E-state index in [0.29, 0.717) is 0 Å². The van der Waals surface area contributed by atoms with Crippen molar-refractivity contribution in [1.82, 2.24) is 19.7 Å². The van der Waals surface area contributed by atoms with Gasteiger partial charge >= 0.3 is 0 Å². The van der Waals surface area contributed by atoms with Gasteiger partial charge in [0.25, 0.3) is 0 Å². The summed E-state index contributed by atoms with van der Waals surface area (Å²) in [4.78, 5) is 6.75. The maximum absolute atomic E-state index is 13.1. The molecule has 5 nitrogen and oxygen atoms in total. The molecule has 0 saturated carbocycles. The van der Waals surface area contributed by atoms with Crippen molar-refractivity contribution >= 4 is 0 Å². The Morgan fingerprint density at radius 1 is 1.12 bits per heavy atom. The van der Waals surface area contributed by atoms with E-state index in [1.54, 1.807) is 23.9 Å². The Labute approximate surface area is 153 Å². The number of ether oxygens (including phenoxy) is 1. The minimum absolute atomic E-state index is 0.249. The van der Waals surface area contributed by atoms with E-state index in [0.717, 1.165) is 49.6 Å². The molecule has 0 spiro atoms. The molecular weight excluding hydrogens is 331 g/mol. The SMILES string of the molecule is COCCCN(Cc1cnn(-c2ccc(F)cc2)c1)Cc1ccccn1. The maximum Gasteiger partial charge on any atom is 0.123 e. The third-order valence-corrected chi connectivity index (χ3v) is 4.07. The van der Waals surface area contributed by atoms with E-state index in [2.05, 4.69) is 15.0 Å². The van der Waals surface area contributed by atoms with Crippen LogP contribution in [0.15, 0.2) is 61.1 Å². The van der Waals surface area contributed by atoms with Gasteiger partial charge in [0.1, 0.15) is 5.82 Å². The molecule has 0 saturated heterocycles. The average Bonchev–Trinajstić information content (AvgIpc) is 3.12. The third-order valence-electron chi connectivity index (χ3n) is 4.07.